The third-order valence-electron chi connectivity index (χ3n) is 2.51. The smallest absolute Gasteiger partial charge is 0.176 e. The summed E-state index contributed by atoms with van der Waals surface area (Å²) in [7, 11) is 0. The monoisotopic (exact) mass is 209 g/mol. The molecule has 1 unspecified atom stereocenters. The van der Waals surface area contributed by atoms with Gasteiger partial charge in [0.15, 0.2) is 5.78 Å². The first-order chi connectivity index (χ1) is 6.66. The molecule has 3 heteroatoms. The van der Waals surface area contributed by atoms with Crippen LogP contribution in [0.1, 0.15) is 22.8 Å². The van der Waals surface area contributed by atoms with Gasteiger partial charge < -0.3 is 5.32 Å². The second-order valence-electron chi connectivity index (χ2n) is 3.71. The number of carbonyl (C=O) groups excluding carboxylic acids is 1. The van der Waals surface area contributed by atoms with Crippen molar-refractivity contribution in [2.24, 2.45) is 0 Å². The van der Waals surface area contributed by atoms with Crippen LogP contribution in [0.2, 0.25) is 5.02 Å². The Kier molecular flexibility index (Phi) is 2.57. The van der Waals surface area contributed by atoms with Crippen molar-refractivity contribution in [3.05, 3.63) is 34.3 Å². The second-order valence-corrected chi connectivity index (χ2v) is 4.15. The first-order valence-electron chi connectivity index (χ1n) is 4.72. The van der Waals surface area contributed by atoms with Gasteiger partial charge in [-0.2, -0.15) is 0 Å². The summed E-state index contributed by atoms with van der Waals surface area (Å²) in [5, 5.41) is 3.80. The zero-order valence-corrected chi connectivity index (χ0v) is 8.77. The highest BCUT2D eigenvalue weighted by Gasteiger charge is 2.18. The average Bonchev–Trinajstić information content (AvgIpc) is 2.29. The molecule has 0 bridgehead atoms. The molecule has 1 aliphatic rings. The molecule has 2 nitrogen and oxygen atoms in total. The standard InChI is InChI=1S/C11H12ClNO/c1-7-4-8-2-3-9(12)5-10(8)11(14)6-13-7/h2-3,5,7,13H,4,6H2,1H3. The number of benzene rings is 1. The fourth-order valence-electron chi connectivity index (χ4n) is 1.75. The summed E-state index contributed by atoms with van der Waals surface area (Å²) in [4.78, 5) is 11.7. The largest absolute Gasteiger partial charge is 0.307 e. The topological polar surface area (TPSA) is 29.1 Å². The number of hydrogen-bond donors (Lipinski definition) is 1. The van der Waals surface area contributed by atoms with Gasteiger partial charge in [-0.1, -0.05) is 17.7 Å². The molecule has 0 aromatic heterocycles. The van der Waals surface area contributed by atoms with Gasteiger partial charge in [0.2, 0.25) is 0 Å². The number of halogens is 1. The second kappa shape index (κ2) is 3.71. The van der Waals surface area contributed by atoms with Crippen molar-refractivity contribution in [1.82, 2.24) is 5.32 Å². The van der Waals surface area contributed by atoms with Gasteiger partial charge in [-0.25, -0.2) is 0 Å². The van der Waals surface area contributed by atoms with Crippen LogP contribution in [0.4, 0.5) is 0 Å². The fraction of sp³-hybridized carbons (Fsp3) is 0.364. The van der Waals surface area contributed by atoms with Crippen molar-refractivity contribution in [2.45, 2.75) is 19.4 Å². The van der Waals surface area contributed by atoms with Crippen LogP contribution >= 0.6 is 11.6 Å². The van der Waals surface area contributed by atoms with E-state index in [2.05, 4.69) is 12.2 Å². The van der Waals surface area contributed by atoms with E-state index in [1.165, 1.54) is 0 Å². The third-order valence-corrected chi connectivity index (χ3v) is 2.74. The van der Waals surface area contributed by atoms with Gasteiger partial charge in [0.05, 0.1) is 6.54 Å². The Morgan fingerprint density at radius 2 is 2.29 bits per heavy atom. The fourth-order valence-corrected chi connectivity index (χ4v) is 1.92. The van der Waals surface area contributed by atoms with Gasteiger partial charge in [-0.15, -0.1) is 0 Å². The van der Waals surface area contributed by atoms with Gasteiger partial charge in [-0.05, 0) is 31.0 Å². The molecule has 1 aliphatic heterocycles. The highest BCUT2D eigenvalue weighted by molar-refractivity contribution is 6.31. The van der Waals surface area contributed by atoms with Gasteiger partial charge in [0, 0.05) is 16.6 Å². The van der Waals surface area contributed by atoms with Crippen molar-refractivity contribution in [3.8, 4) is 0 Å². The number of hydrogen-bond acceptors (Lipinski definition) is 2. The highest BCUT2D eigenvalue weighted by atomic mass is 35.5. The van der Waals surface area contributed by atoms with E-state index in [1.807, 2.05) is 12.1 Å². The Morgan fingerprint density at radius 3 is 3.07 bits per heavy atom. The van der Waals surface area contributed by atoms with Crippen LogP contribution in [0.3, 0.4) is 0 Å². The van der Waals surface area contributed by atoms with Crippen molar-refractivity contribution >= 4 is 17.4 Å². The van der Waals surface area contributed by atoms with Crippen LogP contribution in [-0.2, 0) is 6.42 Å². The lowest BCUT2D eigenvalue weighted by atomic mass is 10.0. The Hall–Kier alpha value is -0.860. The lowest BCUT2D eigenvalue weighted by Crippen LogP contribution is -2.29. The molecular formula is C11H12ClNO. The molecular weight excluding hydrogens is 198 g/mol. The van der Waals surface area contributed by atoms with E-state index in [0.717, 1.165) is 17.5 Å². The lowest BCUT2D eigenvalue weighted by molar-refractivity contribution is 0.0991. The molecule has 0 aliphatic carbocycles. The normalized spacial score (nSPS) is 21.6. The Bertz CT molecular complexity index is 376. The Balaban J connectivity index is 2.47. The van der Waals surface area contributed by atoms with E-state index in [0.29, 0.717) is 17.6 Å². The van der Waals surface area contributed by atoms with Crippen molar-refractivity contribution in [1.29, 1.82) is 0 Å². The predicted octanol–water partition coefficient (Wildman–Crippen LogP) is 2.06. The first kappa shape index (κ1) is 9.69. The number of rotatable bonds is 0. The molecule has 1 aromatic carbocycles. The van der Waals surface area contributed by atoms with Crippen molar-refractivity contribution < 1.29 is 4.79 Å². The molecule has 74 valence electrons. The molecule has 0 fully saturated rings. The third kappa shape index (κ3) is 1.81. The van der Waals surface area contributed by atoms with Crippen LogP contribution in [-0.4, -0.2) is 18.4 Å². The number of nitrogens with one attached hydrogen (secondary N) is 1. The van der Waals surface area contributed by atoms with E-state index >= 15 is 0 Å². The molecule has 0 saturated heterocycles. The number of ketones is 1. The van der Waals surface area contributed by atoms with Crippen LogP contribution in [0.5, 0.6) is 0 Å². The van der Waals surface area contributed by atoms with E-state index in [4.69, 9.17) is 11.6 Å². The first-order valence-corrected chi connectivity index (χ1v) is 5.09. The maximum absolute atomic E-state index is 11.7. The average molecular weight is 210 g/mol. The summed E-state index contributed by atoms with van der Waals surface area (Å²) in [5.41, 5.74) is 1.87. The SMILES string of the molecule is CC1Cc2ccc(Cl)cc2C(=O)CN1. The lowest BCUT2D eigenvalue weighted by Gasteiger charge is -2.08. The molecule has 0 radical (unpaired) electrons. The molecule has 0 saturated carbocycles. The minimum Gasteiger partial charge on any atom is -0.307 e. The Labute approximate surface area is 88.3 Å². The highest BCUT2D eigenvalue weighted by Crippen LogP contribution is 2.19. The zero-order valence-electron chi connectivity index (χ0n) is 8.01. The number of fused-ring (bicyclic) bond motifs is 1. The van der Waals surface area contributed by atoms with Crippen molar-refractivity contribution in [2.75, 3.05) is 6.54 Å². The molecule has 1 heterocycles. The molecule has 1 N–H and O–H groups in total. The minimum atomic E-state index is 0.131. The van der Waals surface area contributed by atoms with Crippen LogP contribution < -0.4 is 5.32 Å². The minimum absolute atomic E-state index is 0.131. The predicted molar refractivity (Wildman–Crippen MR) is 57.0 cm³/mol. The molecule has 1 atom stereocenters. The maximum Gasteiger partial charge on any atom is 0.176 e. The molecule has 0 amide bonds. The molecule has 0 spiro atoms. The van der Waals surface area contributed by atoms with Crippen molar-refractivity contribution in [3.63, 3.8) is 0 Å². The van der Waals surface area contributed by atoms with Gasteiger partial charge in [0.25, 0.3) is 0 Å². The molecule has 2 rings (SSSR count). The molecule has 14 heavy (non-hydrogen) atoms. The van der Waals surface area contributed by atoms with Crippen LogP contribution in [0.15, 0.2) is 18.2 Å². The summed E-state index contributed by atoms with van der Waals surface area (Å²) >= 11 is 5.86. The summed E-state index contributed by atoms with van der Waals surface area (Å²) in [6, 6.07) is 5.89. The Morgan fingerprint density at radius 1 is 1.50 bits per heavy atom. The quantitative estimate of drug-likeness (QED) is 0.709. The summed E-state index contributed by atoms with van der Waals surface area (Å²) in [5.74, 6) is 0.131. The van der Waals surface area contributed by atoms with E-state index in [-0.39, 0.29) is 5.78 Å². The molecule has 1 aromatic rings. The number of carbonyl (C=O) groups is 1. The maximum atomic E-state index is 11.7. The van der Waals surface area contributed by atoms with E-state index < -0.39 is 0 Å². The zero-order chi connectivity index (χ0) is 10.1. The van der Waals surface area contributed by atoms with E-state index in [1.54, 1.807) is 6.07 Å². The summed E-state index contributed by atoms with van der Waals surface area (Å²) < 4.78 is 0. The van der Waals surface area contributed by atoms with Crippen LogP contribution in [0.25, 0.3) is 0 Å². The van der Waals surface area contributed by atoms with E-state index in [9.17, 15) is 4.79 Å². The van der Waals surface area contributed by atoms with Gasteiger partial charge >= 0.3 is 0 Å². The van der Waals surface area contributed by atoms with Crippen LogP contribution in [0, 0.1) is 0 Å². The van der Waals surface area contributed by atoms with Gasteiger partial charge in [0.1, 0.15) is 0 Å². The summed E-state index contributed by atoms with van der Waals surface area (Å²) in [6.07, 6.45) is 0.887. The van der Waals surface area contributed by atoms with Gasteiger partial charge in [-0.3, -0.25) is 4.79 Å². The summed E-state index contributed by atoms with van der Waals surface area (Å²) in [6.45, 7) is 2.49. The number of Topliss-reactive ketones (excluding diaryl/α,β-unsaturated/α-hetero) is 1.